The Labute approximate surface area is 239 Å². The first-order chi connectivity index (χ1) is 18.6. The van der Waals surface area contributed by atoms with Crippen LogP contribution in [-0.2, 0) is 16.7 Å². The van der Waals surface area contributed by atoms with Gasteiger partial charge in [0.05, 0.1) is 41.1 Å². The Balaban J connectivity index is 1.75. The average molecular weight is 589 g/mol. The summed E-state index contributed by atoms with van der Waals surface area (Å²) in [5, 5.41) is 2.26. The van der Waals surface area contributed by atoms with Gasteiger partial charge in [-0.2, -0.15) is 4.57 Å². The number of unbranched alkanes of at least 4 members (excludes halogenated alkanes) is 1. The first-order valence-corrected chi connectivity index (χ1v) is 16.3. The maximum atomic E-state index is 11.1. The highest BCUT2D eigenvalue weighted by Crippen LogP contribution is 2.47. The van der Waals surface area contributed by atoms with Crippen molar-refractivity contribution in [1.82, 2.24) is 0 Å². The van der Waals surface area contributed by atoms with E-state index in [1.807, 2.05) is 23.9 Å². The lowest BCUT2D eigenvalue weighted by Gasteiger charge is -2.19. The molecule has 0 fully saturated rings. The molecule has 0 radical (unpaired) electrons. The summed E-state index contributed by atoms with van der Waals surface area (Å²) < 4.78 is 47.7. The number of allylic oxidation sites excluding steroid dienone is 2. The van der Waals surface area contributed by atoms with Gasteiger partial charge in [-0.15, -0.1) is 0 Å². The van der Waals surface area contributed by atoms with Crippen LogP contribution < -0.4 is 18.9 Å². The predicted octanol–water partition coefficient (Wildman–Crippen LogP) is 6.42. The number of ether oxygens (including phenoxy) is 2. The quantitative estimate of drug-likeness (QED) is 0.145. The number of aromatic nitrogens is 1. The van der Waals surface area contributed by atoms with Gasteiger partial charge in [0.2, 0.25) is 5.52 Å². The Morgan fingerprint density at radius 2 is 1.74 bits per heavy atom. The second kappa shape index (κ2) is 12.3. The molecule has 3 aromatic rings. The normalized spacial score (nSPS) is 14.9. The summed E-state index contributed by atoms with van der Waals surface area (Å²) >= 11 is 3.46. The first kappa shape index (κ1) is 29.5. The van der Waals surface area contributed by atoms with Gasteiger partial charge in [-0.25, -0.2) is 8.42 Å². The van der Waals surface area contributed by atoms with Crippen LogP contribution in [0.4, 0.5) is 5.69 Å². The molecule has 0 saturated carbocycles. The smallest absolute Gasteiger partial charge is 0.263 e. The molecular formula is C29H36N2O5S3. The highest BCUT2D eigenvalue weighted by atomic mass is 32.2. The van der Waals surface area contributed by atoms with Crippen molar-refractivity contribution in [2.24, 2.45) is 0 Å². The fourth-order valence-corrected chi connectivity index (χ4v) is 7.68. The molecule has 7 nitrogen and oxygen atoms in total. The van der Waals surface area contributed by atoms with Gasteiger partial charge in [0.15, 0.2) is 18.0 Å². The van der Waals surface area contributed by atoms with Crippen LogP contribution in [0.1, 0.15) is 49.2 Å². The highest BCUT2D eigenvalue weighted by molar-refractivity contribution is 8.03. The second-order valence-corrected chi connectivity index (χ2v) is 13.2. The van der Waals surface area contributed by atoms with E-state index in [9.17, 15) is 13.0 Å². The van der Waals surface area contributed by atoms with Crippen molar-refractivity contribution >= 4 is 55.2 Å². The van der Waals surface area contributed by atoms with Crippen LogP contribution in [0.25, 0.3) is 16.3 Å². The highest BCUT2D eigenvalue weighted by Gasteiger charge is 2.26. The van der Waals surface area contributed by atoms with E-state index in [-0.39, 0.29) is 5.75 Å². The summed E-state index contributed by atoms with van der Waals surface area (Å²) in [5.41, 5.74) is 6.03. The van der Waals surface area contributed by atoms with E-state index in [0.717, 1.165) is 28.2 Å². The molecule has 0 amide bonds. The lowest BCUT2D eigenvalue weighted by atomic mass is 10.1. The Hall–Kier alpha value is -2.53. The van der Waals surface area contributed by atoms with Gasteiger partial charge in [-0.3, -0.25) is 0 Å². The molecule has 0 saturated heterocycles. The Morgan fingerprint density at radius 3 is 2.38 bits per heavy atom. The maximum Gasteiger partial charge on any atom is 0.263 e. The lowest BCUT2D eigenvalue weighted by molar-refractivity contribution is -0.669. The van der Waals surface area contributed by atoms with E-state index in [4.69, 9.17) is 9.47 Å². The lowest BCUT2D eigenvalue weighted by Crippen LogP contribution is -2.35. The van der Waals surface area contributed by atoms with Gasteiger partial charge >= 0.3 is 0 Å². The van der Waals surface area contributed by atoms with Crippen LogP contribution >= 0.6 is 23.1 Å². The number of aryl methyl sites for hydroxylation is 3. The predicted molar refractivity (Wildman–Crippen MR) is 160 cm³/mol. The third-order valence-corrected chi connectivity index (χ3v) is 9.93. The van der Waals surface area contributed by atoms with E-state index < -0.39 is 10.1 Å². The van der Waals surface area contributed by atoms with Crippen LogP contribution in [0.15, 0.2) is 45.8 Å². The molecule has 0 N–H and O–H groups in total. The molecule has 0 spiro atoms. The maximum absolute atomic E-state index is 11.1. The van der Waals surface area contributed by atoms with Crippen LogP contribution in [0.2, 0.25) is 0 Å². The van der Waals surface area contributed by atoms with E-state index >= 15 is 0 Å². The number of benzene rings is 2. The number of nitrogens with zero attached hydrogens (tertiary/aromatic N) is 2. The molecular weight excluding hydrogens is 553 g/mol. The molecule has 1 aromatic heterocycles. The van der Waals surface area contributed by atoms with Gasteiger partial charge in [-0.05, 0) is 68.5 Å². The summed E-state index contributed by atoms with van der Waals surface area (Å²) in [5.74, 6) is 0.943. The van der Waals surface area contributed by atoms with E-state index in [2.05, 4.69) is 61.4 Å². The summed E-state index contributed by atoms with van der Waals surface area (Å²) in [6, 6.07) is 8.49. The molecule has 10 heteroatoms. The van der Waals surface area contributed by atoms with Gasteiger partial charge in [0, 0.05) is 35.8 Å². The number of fused-ring (bicyclic) bond motifs is 2. The van der Waals surface area contributed by atoms with E-state index in [1.54, 1.807) is 25.6 Å². The van der Waals surface area contributed by atoms with Gasteiger partial charge in [0.1, 0.15) is 4.70 Å². The van der Waals surface area contributed by atoms with Crippen LogP contribution in [0.3, 0.4) is 0 Å². The SMILES string of the molecule is CCC(=Cc1sc2cc(OC)c(OC)cc2[n+]1CCCCS(=O)(=O)[O-])C=C1Sc2cc(C)c(C)cc2N1CC. The third kappa shape index (κ3) is 6.62. The van der Waals surface area contributed by atoms with Crippen molar-refractivity contribution in [1.29, 1.82) is 0 Å². The Kier molecular flexibility index (Phi) is 9.31. The number of anilines is 1. The van der Waals surface area contributed by atoms with E-state index in [1.165, 1.54) is 32.3 Å². The fourth-order valence-electron chi connectivity index (χ4n) is 4.67. The van der Waals surface area contributed by atoms with E-state index in [0.29, 0.717) is 30.9 Å². The average Bonchev–Trinajstić information content (AvgIpc) is 3.40. The number of hydrogen-bond donors (Lipinski definition) is 0. The van der Waals surface area contributed by atoms with Crippen LogP contribution in [-0.4, -0.2) is 39.5 Å². The fraction of sp³-hybridized carbons (Fsp3) is 0.414. The molecule has 0 atom stereocenters. The first-order valence-electron chi connectivity index (χ1n) is 13.1. The summed E-state index contributed by atoms with van der Waals surface area (Å²) in [7, 11) is -0.995. The Bertz CT molecular complexity index is 1540. The van der Waals surface area contributed by atoms with Crippen LogP contribution in [0, 0.1) is 13.8 Å². The molecule has 2 heterocycles. The minimum absolute atomic E-state index is 0.316. The number of thioether (sulfide) groups is 1. The van der Waals surface area contributed by atoms with Crippen molar-refractivity contribution < 1.29 is 27.0 Å². The number of methoxy groups -OCH3 is 2. The summed E-state index contributed by atoms with van der Waals surface area (Å²) in [6.07, 6.45) is 6.23. The molecule has 0 bridgehead atoms. The zero-order valence-electron chi connectivity index (χ0n) is 23.4. The zero-order valence-corrected chi connectivity index (χ0v) is 25.8. The largest absolute Gasteiger partial charge is 0.748 e. The standard InChI is InChI=1S/C29H36N2O5S3/c1-7-21(15-28-30(8-2)22-13-19(3)20(4)14-26(22)37-28)16-29-31(11-9-10-12-39(32,33)34)23-17-24(35-5)25(36-6)18-27(23)38-29/h13-18H,7-12H2,1-6H3. The molecule has 2 aromatic carbocycles. The van der Waals surface area contributed by atoms with Crippen molar-refractivity contribution in [3.05, 3.63) is 57.1 Å². The molecule has 210 valence electrons. The monoisotopic (exact) mass is 588 g/mol. The number of rotatable bonds is 11. The van der Waals surface area contributed by atoms with Crippen molar-refractivity contribution in [3.63, 3.8) is 0 Å². The molecule has 1 aliphatic heterocycles. The summed E-state index contributed by atoms with van der Waals surface area (Å²) in [4.78, 5) is 3.65. The van der Waals surface area contributed by atoms with Crippen LogP contribution in [0.5, 0.6) is 11.5 Å². The topological polar surface area (TPSA) is 82.8 Å². The van der Waals surface area contributed by atoms with Gasteiger partial charge in [0.25, 0.3) is 5.01 Å². The third-order valence-electron chi connectivity index (χ3n) is 6.95. The molecule has 4 rings (SSSR count). The molecule has 0 aliphatic carbocycles. The number of thiazole rings is 1. The van der Waals surface area contributed by atoms with Crippen molar-refractivity contribution in [2.75, 3.05) is 31.4 Å². The molecule has 1 aliphatic rings. The van der Waals surface area contributed by atoms with Gasteiger partial charge < -0.3 is 18.9 Å². The molecule has 0 unspecified atom stereocenters. The van der Waals surface area contributed by atoms with Crippen molar-refractivity contribution in [3.8, 4) is 11.5 Å². The second-order valence-electron chi connectivity index (χ2n) is 9.54. The zero-order chi connectivity index (χ0) is 28.3. The minimum Gasteiger partial charge on any atom is -0.748 e. The minimum atomic E-state index is -4.23. The van der Waals surface area contributed by atoms with Crippen molar-refractivity contribution in [2.45, 2.75) is 58.4 Å². The van der Waals surface area contributed by atoms with Gasteiger partial charge in [-0.1, -0.05) is 30.0 Å². The molecule has 39 heavy (non-hydrogen) atoms. The Morgan fingerprint density at radius 1 is 1.05 bits per heavy atom. The summed E-state index contributed by atoms with van der Waals surface area (Å²) in [6.45, 7) is 10.1. The number of hydrogen-bond acceptors (Lipinski definition) is 8.